The SMILES string of the molecule is Cc1nn(Cc2ccccc2F)c(C)c1NC(=O)c1cc(C)n(C)n1. The van der Waals surface area contributed by atoms with Crippen LogP contribution in [0.4, 0.5) is 10.1 Å². The van der Waals surface area contributed by atoms with Crippen LogP contribution in [0.25, 0.3) is 0 Å². The van der Waals surface area contributed by atoms with Gasteiger partial charge in [-0.2, -0.15) is 10.2 Å². The minimum absolute atomic E-state index is 0.274. The summed E-state index contributed by atoms with van der Waals surface area (Å²) in [6, 6.07) is 8.31. The number of halogens is 1. The lowest BCUT2D eigenvalue weighted by Crippen LogP contribution is -2.14. The van der Waals surface area contributed by atoms with E-state index in [1.807, 2.05) is 20.8 Å². The molecule has 0 atom stereocenters. The number of hydrogen-bond acceptors (Lipinski definition) is 3. The molecule has 0 fully saturated rings. The molecule has 0 aliphatic carbocycles. The number of nitrogens with zero attached hydrogens (tertiary/aromatic N) is 4. The number of rotatable bonds is 4. The van der Waals surface area contributed by atoms with E-state index in [0.717, 1.165) is 11.4 Å². The summed E-state index contributed by atoms with van der Waals surface area (Å²) in [7, 11) is 1.79. The van der Waals surface area contributed by atoms with Gasteiger partial charge in [0.25, 0.3) is 5.91 Å². The van der Waals surface area contributed by atoms with E-state index in [0.29, 0.717) is 29.2 Å². The summed E-state index contributed by atoms with van der Waals surface area (Å²) in [6.07, 6.45) is 0. The Balaban J connectivity index is 1.84. The molecule has 0 aliphatic rings. The zero-order valence-corrected chi connectivity index (χ0v) is 14.7. The highest BCUT2D eigenvalue weighted by molar-refractivity contribution is 6.03. The second kappa shape index (κ2) is 6.51. The van der Waals surface area contributed by atoms with Crippen molar-refractivity contribution in [3.8, 4) is 0 Å². The van der Waals surface area contributed by atoms with E-state index in [-0.39, 0.29) is 11.7 Å². The van der Waals surface area contributed by atoms with Gasteiger partial charge in [-0.1, -0.05) is 18.2 Å². The van der Waals surface area contributed by atoms with Crippen LogP contribution in [0.3, 0.4) is 0 Å². The van der Waals surface area contributed by atoms with Crippen molar-refractivity contribution in [2.45, 2.75) is 27.3 Å². The van der Waals surface area contributed by atoms with Gasteiger partial charge < -0.3 is 5.32 Å². The molecule has 0 saturated heterocycles. The molecule has 1 aromatic carbocycles. The fraction of sp³-hybridized carbons (Fsp3) is 0.278. The Morgan fingerprint density at radius 3 is 2.56 bits per heavy atom. The van der Waals surface area contributed by atoms with Crippen LogP contribution in [0.1, 0.15) is 33.1 Å². The number of hydrogen-bond donors (Lipinski definition) is 1. The minimum Gasteiger partial charge on any atom is -0.317 e. The third-order valence-electron chi connectivity index (χ3n) is 4.24. The topological polar surface area (TPSA) is 64.7 Å². The Morgan fingerprint density at radius 1 is 1.20 bits per heavy atom. The van der Waals surface area contributed by atoms with Crippen molar-refractivity contribution >= 4 is 11.6 Å². The average Bonchev–Trinajstić information content (AvgIpc) is 3.04. The monoisotopic (exact) mass is 341 g/mol. The maximum Gasteiger partial charge on any atom is 0.276 e. The lowest BCUT2D eigenvalue weighted by molar-refractivity contribution is 0.102. The molecule has 0 unspecified atom stereocenters. The predicted octanol–water partition coefficient (Wildman–Crippen LogP) is 2.98. The molecule has 130 valence electrons. The van der Waals surface area contributed by atoms with Crippen LogP contribution in [0.5, 0.6) is 0 Å². The van der Waals surface area contributed by atoms with Crippen LogP contribution in [0.15, 0.2) is 30.3 Å². The first-order chi connectivity index (χ1) is 11.9. The second-order valence-corrected chi connectivity index (χ2v) is 6.04. The molecule has 0 spiro atoms. The quantitative estimate of drug-likeness (QED) is 0.793. The number of aromatic nitrogens is 4. The molecule has 0 aliphatic heterocycles. The summed E-state index contributed by atoms with van der Waals surface area (Å²) in [5.41, 5.74) is 3.86. The van der Waals surface area contributed by atoms with Gasteiger partial charge in [-0.3, -0.25) is 14.2 Å². The number of carbonyl (C=O) groups excluding carboxylic acids is 1. The first kappa shape index (κ1) is 16.9. The van der Waals surface area contributed by atoms with Crippen LogP contribution in [-0.4, -0.2) is 25.5 Å². The van der Waals surface area contributed by atoms with Crippen LogP contribution >= 0.6 is 0 Å². The van der Waals surface area contributed by atoms with E-state index in [4.69, 9.17) is 0 Å². The average molecular weight is 341 g/mol. The summed E-state index contributed by atoms with van der Waals surface area (Å²) in [6.45, 7) is 5.84. The molecule has 7 heteroatoms. The van der Waals surface area contributed by atoms with Gasteiger partial charge in [0.15, 0.2) is 5.69 Å². The van der Waals surface area contributed by atoms with Crippen LogP contribution < -0.4 is 5.32 Å². The fourth-order valence-corrected chi connectivity index (χ4v) is 2.67. The zero-order chi connectivity index (χ0) is 18.1. The Bertz CT molecular complexity index is 922. The van der Waals surface area contributed by atoms with Crippen molar-refractivity contribution < 1.29 is 9.18 Å². The summed E-state index contributed by atoms with van der Waals surface area (Å²) in [5.74, 6) is -0.565. The number of amides is 1. The Morgan fingerprint density at radius 2 is 1.92 bits per heavy atom. The van der Waals surface area contributed by atoms with E-state index < -0.39 is 0 Å². The van der Waals surface area contributed by atoms with Gasteiger partial charge in [-0.05, 0) is 32.9 Å². The fourth-order valence-electron chi connectivity index (χ4n) is 2.67. The highest BCUT2D eigenvalue weighted by atomic mass is 19.1. The molecule has 0 radical (unpaired) electrons. The molecule has 0 saturated carbocycles. The van der Waals surface area contributed by atoms with Gasteiger partial charge in [0.2, 0.25) is 0 Å². The molecule has 3 aromatic rings. The highest BCUT2D eigenvalue weighted by Crippen LogP contribution is 2.22. The van der Waals surface area contributed by atoms with Gasteiger partial charge in [-0.25, -0.2) is 4.39 Å². The summed E-state index contributed by atoms with van der Waals surface area (Å²) in [4.78, 5) is 12.4. The third-order valence-corrected chi connectivity index (χ3v) is 4.24. The van der Waals surface area contributed by atoms with Gasteiger partial charge in [0.1, 0.15) is 5.82 Å². The number of nitrogens with one attached hydrogen (secondary N) is 1. The lowest BCUT2D eigenvalue weighted by Gasteiger charge is -2.07. The molecule has 2 aromatic heterocycles. The molecule has 1 amide bonds. The maximum absolute atomic E-state index is 13.9. The Kier molecular flexibility index (Phi) is 4.39. The first-order valence-electron chi connectivity index (χ1n) is 7.96. The number of carbonyl (C=O) groups is 1. The van der Waals surface area contributed by atoms with E-state index in [1.165, 1.54) is 6.07 Å². The highest BCUT2D eigenvalue weighted by Gasteiger charge is 2.18. The Hall–Kier alpha value is -2.96. The van der Waals surface area contributed by atoms with Crippen molar-refractivity contribution in [1.82, 2.24) is 19.6 Å². The van der Waals surface area contributed by atoms with Crippen LogP contribution in [0, 0.1) is 26.6 Å². The zero-order valence-electron chi connectivity index (χ0n) is 14.7. The molecular weight excluding hydrogens is 321 g/mol. The van der Waals surface area contributed by atoms with Crippen molar-refractivity contribution in [3.63, 3.8) is 0 Å². The smallest absolute Gasteiger partial charge is 0.276 e. The molecule has 1 N–H and O–H groups in total. The summed E-state index contributed by atoms with van der Waals surface area (Å²) < 4.78 is 17.2. The van der Waals surface area contributed by atoms with Gasteiger partial charge in [0.05, 0.1) is 23.6 Å². The van der Waals surface area contributed by atoms with Crippen LogP contribution in [0.2, 0.25) is 0 Å². The normalized spacial score (nSPS) is 10.9. The molecule has 3 rings (SSSR count). The molecule has 0 bridgehead atoms. The second-order valence-electron chi connectivity index (χ2n) is 6.04. The van der Waals surface area contributed by atoms with E-state index in [2.05, 4.69) is 15.5 Å². The summed E-state index contributed by atoms with van der Waals surface area (Å²) in [5, 5.41) is 11.5. The standard InChI is InChI=1S/C18H20FN5O/c1-11-9-16(22-23(11)4)18(25)20-17-12(2)21-24(13(17)3)10-14-7-5-6-8-15(14)19/h5-9H,10H2,1-4H3,(H,20,25). The lowest BCUT2D eigenvalue weighted by atomic mass is 10.2. The van der Waals surface area contributed by atoms with Crippen molar-refractivity contribution in [3.05, 3.63) is 64.5 Å². The Labute approximate surface area is 145 Å². The minimum atomic E-state index is -0.291. The van der Waals surface area contributed by atoms with E-state index in [1.54, 1.807) is 40.7 Å². The molecule has 6 nitrogen and oxygen atoms in total. The third kappa shape index (κ3) is 3.31. The molecular formula is C18H20FN5O. The van der Waals surface area contributed by atoms with E-state index in [9.17, 15) is 9.18 Å². The molecule has 2 heterocycles. The van der Waals surface area contributed by atoms with Gasteiger partial charge in [0, 0.05) is 18.3 Å². The van der Waals surface area contributed by atoms with E-state index >= 15 is 0 Å². The van der Waals surface area contributed by atoms with Crippen LogP contribution in [-0.2, 0) is 13.6 Å². The van der Waals surface area contributed by atoms with Crippen molar-refractivity contribution in [2.75, 3.05) is 5.32 Å². The van der Waals surface area contributed by atoms with Crippen molar-refractivity contribution in [2.24, 2.45) is 7.05 Å². The van der Waals surface area contributed by atoms with Gasteiger partial charge >= 0.3 is 0 Å². The number of aryl methyl sites for hydroxylation is 3. The van der Waals surface area contributed by atoms with Gasteiger partial charge in [-0.15, -0.1) is 0 Å². The summed E-state index contributed by atoms with van der Waals surface area (Å²) >= 11 is 0. The maximum atomic E-state index is 13.9. The van der Waals surface area contributed by atoms with Crippen molar-refractivity contribution in [1.29, 1.82) is 0 Å². The predicted molar refractivity (Wildman–Crippen MR) is 93.1 cm³/mol. The largest absolute Gasteiger partial charge is 0.317 e. The first-order valence-corrected chi connectivity index (χ1v) is 7.96. The molecule has 25 heavy (non-hydrogen) atoms. The number of anilines is 1. The number of benzene rings is 1.